The van der Waals surface area contributed by atoms with Crippen LogP contribution in [0.2, 0.25) is 0 Å². The van der Waals surface area contributed by atoms with Crippen LogP contribution in [0.25, 0.3) is 99.5 Å². The van der Waals surface area contributed by atoms with Crippen molar-refractivity contribution < 1.29 is 13.2 Å². The molecule has 0 aliphatic heterocycles. The number of aromatic nitrogens is 2. The van der Waals surface area contributed by atoms with E-state index in [1.165, 1.54) is 12.1 Å². The van der Waals surface area contributed by atoms with Gasteiger partial charge in [0.05, 0.1) is 79.8 Å². The van der Waals surface area contributed by atoms with Crippen LogP contribution in [0.1, 0.15) is 27.8 Å². The second kappa shape index (κ2) is 16.1. The van der Waals surface area contributed by atoms with Crippen LogP contribution in [0.5, 0.6) is 0 Å². The summed E-state index contributed by atoms with van der Waals surface area (Å²) < 4.78 is 48.8. The van der Waals surface area contributed by atoms with E-state index >= 15 is 0 Å². The maximum absolute atomic E-state index is 14.9. The van der Waals surface area contributed by atoms with Crippen molar-refractivity contribution in [3.63, 3.8) is 0 Å². The molecule has 0 saturated carbocycles. The molecule has 0 aliphatic carbocycles. The maximum atomic E-state index is 14.9. The summed E-state index contributed by atoms with van der Waals surface area (Å²) in [4.78, 5) is 0. The predicted molar refractivity (Wildman–Crippen MR) is 261 cm³/mol. The molecule has 0 radical (unpaired) electrons. The Labute approximate surface area is 387 Å². The number of halogens is 3. The van der Waals surface area contributed by atoms with Crippen molar-refractivity contribution >= 4 is 43.6 Å². The van der Waals surface area contributed by atoms with Gasteiger partial charge >= 0.3 is 6.18 Å². The van der Waals surface area contributed by atoms with E-state index in [-0.39, 0.29) is 16.7 Å². The Morgan fingerprint density at radius 3 is 1.44 bits per heavy atom. The van der Waals surface area contributed by atoms with Gasteiger partial charge in [0, 0.05) is 38.4 Å². The summed E-state index contributed by atoms with van der Waals surface area (Å²) in [6.45, 7) is 0. The van der Waals surface area contributed by atoms with Gasteiger partial charge in [-0.2, -0.15) is 34.2 Å². The van der Waals surface area contributed by atoms with E-state index in [4.69, 9.17) is 0 Å². The highest BCUT2D eigenvalue weighted by atomic mass is 19.4. The van der Waals surface area contributed by atoms with Gasteiger partial charge in [-0.05, 0) is 124 Å². The number of nitrogens with zero attached hydrogens (tertiary/aromatic N) is 6. The van der Waals surface area contributed by atoms with E-state index in [0.29, 0.717) is 39.2 Å². The molecule has 0 atom stereocenters. The first-order chi connectivity index (χ1) is 33.2. The van der Waals surface area contributed by atoms with Gasteiger partial charge in [-0.3, -0.25) is 0 Å². The molecule has 0 bridgehead atoms. The zero-order valence-electron chi connectivity index (χ0n) is 35.7. The average Bonchev–Trinajstić information content (AvgIpc) is 3.89. The summed E-state index contributed by atoms with van der Waals surface area (Å²) in [5.41, 5.74) is 9.48. The molecule has 0 saturated heterocycles. The highest BCUT2D eigenvalue weighted by molar-refractivity contribution is 6.12. The number of benzene rings is 9. The molecule has 11 aromatic rings. The molecule has 2 heterocycles. The Bertz CT molecular complexity index is 4090. The minimum atomic E-state index is -4.78. The van der Waals surface area contributed by atoms with Crippen LogP contribution in [0.4, 0.5) is 13.2 Å². The molecule has 68 heavy (non-hydrogen) atoms. The van der Waals surface area contributed by atoms with Gasteiger partial charge in [-0.25, -0.2) is 0 Å². The summed E-state index contributed by atoms with van der Waals surface area (Å²) in [6.07, 6.45) is -4.78. The van der Waals surface area contributed by atoms with Crippen LogP contribution in [0.3, 0.4) is 0 Å². The van der Waals surface area contributed by atoms with E-state index in [1.54, 1.807) is 36.4 Å². The van der Waals surface area contributed by atoms with E-state index in [1.807, 2.05) is 127 Å². The van der Waals surface area contributed by atoms with Gasteiger partial charge in [0.25, 0.3) is 0 Å². The van der Waals surface area contributed by atoms with Crippen molar-refractivity contribution in [1.29, 1.82) is 21.0 Å². The number of alkyl halides is 3. The van der Waals surface area contributed by atoms with Crippen molar-refractivity contribution in [3.05, 3.63) is 216 Å². The normalized spacial score (nSPS) is 11.4. The van der Waals surface area contributed by atoms with E-state index in [2.05, 4.69) is 39.5 Å². The second-order valence-electron chi connectivity index (χ2n) is 16.4. The smallest absolute Gasteiger partial charge is 0.309 e. The molecule has 318 valence electrons. The molecule has 9 aromatic carbocycles. The number of fused-ring (bicyclic) bond motifs is 6. The fraction of sp³-hybridized carbons (Fsp3) is 0.0169. The maximum Gasteiger partial charge on any atom is 0.417 e. The van der Waals surface area contributed by atoms with Crippen LogP contribution in [0, 0.1) is 45.3 Å². The third-order valence-corrected chi connectivity index (χ3v) is 12.7. The minimum absolute atomic E-state index is 0.113. The third kappa shape index (κ3) is 6.63. The quantitative estimate of drug-likeness (QED) is 0.166. The molecule has 0 aliphatic rings. The molecule has 0 N–H and O–H groups in total. The van der Waals surface area contributed by atoms with Crippen molar-refractivity contribution in [3.8, 4) is 80.2 Å². The lowest BCUT2D eigenvalue weighted by Crippen LogP contribution is -2.08. The minimum Gasteiger partial charge on any atom is -0.309 e. The number of hydrogen-bond acceptors (Lipinski definition) is 4. The number of nitriles is 4. The Balaban J connectivity index is 1.19. The first-order valence-electron chi connectivity index (χ1n) is 21.6. The monoisotopic (exact) mass is 880 g/mol. The lowest BCUT2D eigenvalue weighted by Gasteiger charge is -2.20. The van der Waals surface area contributed by atoms with Crippen LogP contribution >= 0.6 is 0 Å². The fourth-order valence-corrected chi connectivity index (χ4v) is 9.69. The van der Waals surface area contributed by atoms with Gasteiger partial charge in [-0.1, -0.05) is 97.1 Å². The largest absolute Gasteiger partial charge is 0.417 e. The molecule has 0 fully saturated rings. The Morgan fingerprint density at radius 1 is 0.353 bits per heavy atom. The van der Waals surface area contributed by atoms with Gasteiger partial charge in [0.15, 0.2) is 0 Å². The summed E-state index contributed by atoms with van der Waals surface area (Å²) in [7, 11) is 0. The molecule has 9 heteroatoms. The van der Waals surface area contributed by atoms with Crippen LogP contribution < -0.4 is 0 Å². The highest BCUT2D eigenvalue weighted by Gasteiger charge is 2.34. The van der Waals surface area contributed by atoms with E-state index in [0.717, 1.165) is 71.9 Å². The molecule has 0 spiro atoms. The van der Waals surface area contributed by atoms with E-state index < -0.39 is 11.7 Å². The van der Waals surface area contributed by atoms with Crippen molar-refractivity contribution in [2.24, 2.45) is 0 Å². The Morgan fingerprint density at radius 2 is 0.853 bits per heavy atom. The zero-order chi connectivity index (χ0) is 46.7. The lowest BCUT2D eigenvalue weighted by molar-refractivity contribution is -0.137. The highest BCUT2D eigenvalue weighted by Crippen LogP contribution is 2.44. The third-order valence-electron chi connectivity index (χ3n) is 12.7. The van der Waals surface area contributed by atoms with E-state index in [9.17, 15) is 34.2 Å². The molecular weight excluding hydrogens is 850 g/mol. The summed E-state index contributed by atoms with van der Waals surface area (Å²) >= 11 is 0. The summed E-state index contributed by atoms with van der Waals surface area (Å²) in [5.74, 6) is 0. The predicted octanol–water partition coefficient (Wildman–Crippen LogP) is 15.1. The van der Waals surface area contributed by atoms with Crippen LogP contribution in [0.15, 0.2) is 188 Å². The zero-order valence-corrected chi connectivity index (χ0v) is 35.7. The van der Waals surface area contributed by atoms with Gasteiger partial charge < -0.3 is 9.13 Å². The standard InChI is InChI=1S/C59H31F3N6/c60-59(61,62)53-27-36(32-63)17-23-46(53)39-21-26-58(68-55-16-8-6-14-48(55)51-29-38(20-25-57(51)68)45-12-4-2-10-41(45)34-65)52(30-39)49-31-43(22-18-42(49)35-66)67-54-15-7-5-13-47(54)50-28-37(19-24-56(50)67)44-11-3-1-9-40(44)33-64/h1-31H. The van der Waals surface area contributed by atoms with Crippen LogP contribution in [-0.4, -0.2) is 9.13 Å². The second-order valence-corrected chi connectivity index (χ2v) is 16.4. The Kier molecular flexibility index (Phi) is 9.72. The van der Waals surface area contributed by atoms with Crippen molar-refractivity contribution in [2.45, 2.75) is 6.18 Å². The molecule has 6 nitrogen and oxygen atoms in total. The molecular formula is C59H31F3N6. The summed E-state index contributed by atoms with van der Waals surface area (Å²) in [6, 6.07) is 65.9. The SMILES string of the molecule is N#Cc1ccc(-c2ccc(-n3c4ccccc4c4cc(-c5ccccc5C#N)ccc43)c(-c3cc(-n4c5ccccc5c5cc(-c6ccccc6C#N)ccc54)ccc3C#N)c2)c(C(F)(F)F)c1. The molecule has 0 amide bonds. The first kappa shape index (κ1) is 41.1. The van der Waals surface area contributed by atoms with Crippen molar-refractivity contribution in [1.82, 2.24) is 9.13 Å². The molecule has 0 unspecified atom stereocenters. The first-order valence-corrected chi connectivity index (χ1v) is 21.6. The fourth-order valence-electron chi connectivity index (χ4n) is 9.69. The number of rotatable bonds is 6. The topological polar surface area (TPSA) is 105 Å². The van der Waals surface area contributed by atoms with Crippen molar-refractivity contribution in [2.75, 3.05) is 0 Å². The van der Waals surface area contributed by atoms with Gasteiger partial charge in [0.2, 0.25) is 0 Å². The Hall–Kier alpha value is -9.67. The number of hydrogen-bond donors (Lipinski definition) is 0. The van der Waals surface area contributed by atoms with Gasteiger partial charge in [-0.15, -0.1) is 0 Å². The van der Waals surface area contributed by atoms with Crippen LogP contribution in [-0.2, 0) is 6.18 Å². The number of para-hydroxylation sites is 2. The summed E-state index contributed by atoms with van der Waals surface area (Å²) in [5, 5.41) is 44.1. The molecule has 2 aromatic heterocycles. The lowest BCUT2D eigenvalue weighted by atomic mass is 9.91. The average molecular weight is 881 g/mol. The van der Waals surface area contributed by atoms with Gasteiger partial charge in [0.1, 0.15) is 0 Å². The molecule has 11 rings (SSSR count).